The van der Waals surface area contributed by atoms with Gasteiger partial charge in [0.25, 0.3) is 0 Å². The highest BCUT2D eigenvalue weighted by Gasteiger charge is 2.27. The molecule has 0 bridgehead atoms. The smallest absolute Gasteiger partial charge is 0.352 e. The lowest BCUT2D eigenvalue weighted by molar-refractivity contribution is -0.138. The highest BCUT2D eigenvalue weighted by molar-refractivity contribution is 6.40. The summed E-state index contributed by atoms with van der Waals surface area (Å²) in [4.78, 5) is 31.6. The van der Waals surface area contributed by atoms with Gasteiger partial charge in [-0.15, -0.1) is 0 Å². The van der Waals surface area contributed by atoms with E-state index in [1.807, 2.05) is 0 Å². The van der Waals surface area contributed by atoms with Gasteiger partial charge < -0.3 is 10.2 Å². The van der Waals surface area contributed by atoms with Crippen molar-refractivity contribution in [3.63, 3.8) is 0 Å². The molecule has 0 atom stereocenters. The number of aliphatic carboxylic acids is 2. The predicted octanol–water partition coefficient (Wildman–Crippen LogP) is -0.866. The minimum Gasteiger partial charge on any atom is -0.481 e. The van der Waals surface area contributed by atoms with Crippen molar-refractivity contribution in [3.05, 3.63) is 0 Å². The number of hydrogen-bond acceptors (Lipinski definition) is 4. The fraction of sp³-hybridized carbons (Fsp3) is 0.429. The summed E-state index contributed by atoms with van der Waals surface area (Å²) >= 11 is 0. The molecule has 1 heterocycles. The molecule has 0 aromatic heterocycles. The van der Waals surface area contributed by atoms with Gasteiger partial charge in [-0.2, -0.15) is 5.10 Å². The van der Waals surface area contributed by atoms with Gasteiger partial charge in [0.15, 0.2) is 5.71 Å². The standard InChI is InChI=1S/C7H8N2O5/c10-5-3-4(7(13)14)8-9(5)2-1-6(11)12/h1-3H2,(H,11,12)(H,13,14). The van der Waals surface area contributed by atoms with E-state index >= 15 is 0 Å². The highest BCUT2D eigenvalue weighted by atomic mass is 16.4. The Morgan fingerprint density at radius 2 is 2.07 bits per heavy atom. The van der Waals surface area contributed by atoms with E-state index in [1.54, 1.807) is 0 Å². The molecule has 7 heteroatoms. The van der Waals surface area contributed by atoms with Crippen LogP contribution in [0.4, 0.5) is 0 Å². The van der Waals surface area contributed by atoms with Gasteiger partial charge in [0.2, 0.25) is 5.91 Å². The van der Waals surface area contributed by atoms with Crippen molar-refractivity contribution in [3.8, 4) is 0 Å². The van der Waals surface area contributed by atoms with Gasteiger partial charge in [-0.3, -0.25) is 9.59 Å². The van der Waals surface area contributed by atoms with Gasteiger partial charge in [0.1, 0.15) is 0 Å². The van der Waals surface area contributed by atoms with Gasteiger partial charge in [0, 0.05) is 0 Å². The van der Waals surface area contributed by atoms with Crippen LogP contribution in [0.15, 0.2) is 5.10 Å². The maximum Gasteiger partial charge on any atom is 0.352 e. The summed E-state index contributed by atoms with van der Waals surface area (Å²) in [6.07, 6.45) is -0.517. The van der Waals surface area contributed by atoms with E-state index in [9.17, 15) is 14.4 Å². The third-order valence-corrected chi connectivity index (χ3v) is 1.63. The van der Waals surface area contributed by atoms with Crippen molar-refractivity contribution >= 4 is 23.6 Å². The molecule has 1 aliphatic rings. The Balaban J connectivity index is 2.58. The molecule has 14 heavy (non-hydrogen) atoms. The first-order valence-electron chi connectivity index (χ1n) is 3.83. The molecule has 1 rings (SSSR count). The normalized spacial score (nSPS) is 15.6. The lowest BCUT2D eigenvalue weighted by Crippen LogP contribution is -2.23. The molecule has 0 aliphatic carbocycles. The summed E-state index contributed by atoms with van der Waals surface area (Å²) < 4.78 is 0. The van der Waals surface area contributed by atoms with Crippen LogP contribution in [0.5, 0.6) is 0 Å². The molecule has 76 valence electrons. The van der Waals surface area contributed by atoms with Crippen molar-refractivity contribution in [2.75, 3.05) is 6.54 Å². The molecule has 0 saturated heterocycles. The zero-order valence-electron chi connectivity index (χ0n) is 7.13. The molecule has 0 saturated carbocycles. The zero-order chi connectivity index (χ0) is 10.7. The third-order valence-electron chi connectivity index (χ3n) is 1.63. The maximum absolute atomic E-state index is 11.1. The Kier molecular flexibility index (Phi) is 2.80. The molecule has 1 aliphatic heterocycles. The molecule has 1 amide bonds. The third kappa shape index (κ3) is 2.28. The quantitative estimate of drug-likeness (QED) is 0.613. The lowest BCUT2D eigenvalue weighted by atomic mass is 10.3. The topological polar surface area (TPSA) is 107 Å². The van der Waals surface area contributed by atoms with E-state index in [0.717, 1.165) is 5.01 Å². The second kappa shape index (κ2) is 3.86. The summed E-state index contributed by atoms with van der Waals surface area (Å²) in [5.74, 6) is -2.79. The fourth-order valence-corrected chi connectivity index (χ4v) is 0.966. The number of carbonyl (C=O) groups excluding carboxylic acids is 1. The average molecular weight is 200 g/mol. The van der Waals surface area contributed by atoms with Crippen molar-refractivity contribution in [1.82, 2.24) is 5.01 Å². The van der Waals surface area contributed by atoms with Gasteiger partial charge in [0.05, 0.1) is 19.4 Å². The van der Waals surface area contributed by atoms with E-state index in [2.05, 4.69) is 5.10 Å². The van der Waals surface area contributed by atoms with Crippen LogP contribution in [0, 0.1) is 0 Å². The van der Waals surface area contributed by atoms with E-state index in [-0.39, 0.29) is 25.1 Å². The van der Waals surface area contributed by atoms with Gasteiger partial charge >= 0.3 is 11.9 Å². The Bertz CT molecular complexity index is 322. The molecular formula is C7H8N2O5. The average Bonchev–Trinajstić information content (AvgIpc) is 2.43. The molecule has 2 N–H and O–H groups in total. The molecule has 0 aromatic carbocycles. The monoisotopic (exact) mass is 200 g/mol. The summed E-state index contributed by atoms with van der Waals surface area (Å²) in [5.41, 5.74) is -0.250. The molecule has 0 unspecified atom stereocenters. The van der Waals surface area contributed by atoms with Gasteiger partial charge in [-0.25, -0.2) is 9.80 Å². The van der Waals surface area contributed by atoms with E-state index in [4.69, 9.17) is 10.2 Å². The molecule has 0 fully saturated rings. The Hall–Kier alpha value is -1.92. The second-order valence-corrected chi connectivity index (χ2v) is 2.69. The van der Waals surface area contributed by atoms with Crippen LogP contribution < -0.4 is 0 Å². The summed E-state index contributed by atoms with van der Waals surface area (Å²) in [6.45, 7) is -0.0923. The number of amides is 1. The summed E-state index contributed by atoms with van der Waals surface area (Å²) in [6, 6.07) is 0. The van der Waals surface area contributed by atoms with Crippen LogP contribution in [0.25, 0.3) is 0 Å². The molecule has 7 nitrogen and oxygen atoms in total. The number of carboxylic acids is 2. The Labute approximate surface area is 78.6 Å². The van der Waals surface area contributed by atoms with E-state index in [0.29, 0.717) is 0 Å². The van der Waals surface area contributed by atoms with Crippen LogP contribution in [0.1, 0.15) is 12.8 Å². The Morgan fingerprint density at radius 3 is 2.50 bits per heavy atom. The van der Waals surface area contributed by atoms with Crippen LogP contribution in [0.2, 0.25) is 0 Å². The van der Waals surface area contributed by atoms with Crippen molar-refractivity contribution in [1.29, 1.82) is 0 Å². The number of hydrazone groups is 1. The second-order valence-electron chi connectivity index (χ2n) is 2.69. The summed E-state index contributed by atoms with van der Waals surface area (Å²) in [7, 11) is 0. The van der Waals surface area contributed by atoms with Crippen molar-refractivity contribution in [2.45, 2.75) is 12.8 Å². The number of carbonyl (C=O) groups is 3. The van der Waals surface area contributed by atoms with Crippen LogP contribution in [-0.4, -0.2) is 45.3 Å². The SMILES string of the molecule is O=C(O)CCN1N=C(C(=O)O)CC1=O. The lowest BCUT2D eigenvalue weighted by Gasteiger charge is -2.08. The number of rotatable bonds is 4. The van der Waals surface area contributed by atoms with Crippen LogP contribution in [-0.2, 0) is 14.4 Å². The van der Waals surface area contributed by atoms with Gasteiger partial charge in [-0.1, -0.05) is 0 Å². The van der Waals surface area contributed by atoms with Crippen LogP contribution in [0.3, 0.4) is 0 Å². The number of hydrogen-bond donors (Lipinski definition) is 2. The summed E-state index contributed by atoms with van der Waals surface area (Å²) in [5, 5.41) is 21.2. The van der Waals surface area contributed by atoms with Crippen LogP contribution >= 0.6 is 0 Å². The first-order valence-corrected chi connectivity index (χ1v) is 3.83. The largest absolute Gasteiger partial charge is 0.481 e. The van der Waals surface area contributed by atoms with Gasteiger partial charge in [-0.05, 0) is 0 Å². The van der Waals surface area contributed by atoms with Crippen molar-refractivity contribution in [2.24, 2.45) is 5.10 Å². The number of nitrogens with zero attached hydrogens (tertiary/aromatic N) is 2. The minimum atomic E-state index is -1.25. The fourth-order valence-electron chi connectivity index (χ4n) is 0.966. The van der Waals surface area contributed by atoms with E-state index in [1.165, 1.54) is 0 Å². The minimum absolute atomic E-state index is 0.0923. The first kappa shape index (κ1) is 10.2. The molecule has 0 aromatic rings. The predicted molar refractivity (Wildman–Crippen MR) is 43.7 cm³/mol. The zero-order valence-corrected chi connectivity index (χ0v) is 7.13. The highest BCUT2D eigenvalue weighted by Crippen LogP contribution is 2.08. The Morgan fingerprint density at radius 1 is 1.43 bits per heavy atom. The first-order chi connectivity index (χ1) is 6.50. The van der Waals surface area contributed by atoms with E-state index < -0.39 is 17.8 Å². The molecule has 0 spiro atoms. The number of carboxylic acid groups (broad SMARTS) is 2. The molecular weight excluding hydrogens is 192 g/mol. The molecule has 0 radical (unpaired) electrons. The van der Waals surface area contributed by atoms with Crippen molar-refractivity contribution < 1.29 is 24.6 Å². The maximum atomic E-state index is 11.1.